The molecule has 2 fully saturated rings. The molecular weight excluding hydrogens is 368 g/mol. The van der Waals surface area contributed by atoms with E-state index in [4.69, 9.17) is 0 Å². The van der Waals surface area contributed by atoms with Crippen molar-refractivity contribution in [1.29, 1.82) is 0 Å². The Hall–Kier alpha value is -2.95. The lowest BCUT2D eigenvalue weighted by Crippen LogP contribution is -2.61. The number of carbonyl (C=O) groups excluding carboxylic acids is 1. The lowest BCUT2D eigenvalue weighted by Gasteiger charge is -2.49. The fourth-order valence-corrected chi connectivity index (χ4v) is 6.50. The Kier molecular flexibility index (Phi) is 3.86. The summed E-state index contributed by atoms with van der Waals surface area (Å²) in [5.74, 6) is -3.82. The van der Waals surface area contributed by atoms with Crippen LogP contribution in [0.15, 0.2) is 60.7 Å². The molecule has 2 aromatic rings. The highest BCUT2D eigenvalue weighted by atomic mass is 16.4. The first-order valence-electron chi connectivity index (χ1n) is 9.72. The van der Waals surface area contributed by atoms with Crippen molar-refractivity contribution in [2.45, 2.75) is 32.6 Å². The number of carboxylic acids is 2. The average molecular weight is 392 g/mol. The van der Waals surface area contributed by atoms with Gasteiger partial charge in [0.15, 0.2) is 5.78 Å². The molecule has 2 aliphatic rings. The van der Waals surface area contributed by atoms with E-state index in [1.54, 1.807) is 81.4 Å². The van der Waals surface area contributed by atoms with Crippen LogP contribution in [-0.4, -0.2) is 27.9 Å². The highest BCUT2D eigenvalue weighted by molar-refractivity contribution is 6.11. The second kappa shape index (κ2) is 5.78. The number of aliphatic carboxylic acids is 2. The summed E-state index contributed by atoms with van der Waals surface area (Å²) < 4.78 is 0. The smallest absolute Gasteiger partial charge is 0.312 e. The SMILES string of the molecule is CC12CC(C(=O)O)C(C(=O)O)(C(c3ccccc3)(c3ccccc3)C1=O)C2(C)C. The van der Waals surface area contributed by atoms with E-state index in [-0.39, 0.29) is 12.2 Å². The number of ketones is 1. The van der Waals surface area contributed by atoms with Gasteiger partial charge in [-0.1, -0.05) is 81.4 Å². The molecule has 0 aromatic heterocycles. The summed E-state index contributed by atoms with van der Waals surface area (Å²) in [6, 6.07) is 17.6. The average Bonchev–Trinajstić information content (AvgIpc) is 2.96. The summed E-state index contributed by atoms with van der Waals surface area (Å²) in [5, 5.41) is 20.9. The molecule has 0 saturated heterocycles. The maximum absolute atomic E-state index is 14.2. The molecule has 2 aliphatic carbocycles. The largest absolute Gasteiger partial charge is 0.481 e. The van der Waals surface area contributed by atoms with E-state index >= 15 is 0 Å². The first kappa shape index (κ1) is 19.4. The van der Waals surface area contributed by atoms with Gasteiger partial charge in [0.25, 0.3) is 0 Å². The van der Waals surface area contributed by atoms with Crippen molar-refractivity contribution in [3.63, 3.8) is 0 Å². The number of hydrogen-bond donors (Lipinski definition) is 2. The van der Waals surface area contributed by atoms with Crippen LogP contribution in [0.1, 0.15) is 38.3 Å². The van der Waals surface area contributed by atoms with E-state index in [9.17, 15) is 24.6 Å². The molecule has 0 radical (unpaired) electrons. The van der Waals surface area contributed by atoms with Crippen molar-refractivity contribution in [2.24, 2.45) is 22.2 Å². The number of Topliss-reactive ketones (excluding diaryl/α,β-unsaturated/α-hetero) is 1. The third kappa shape index (κ3) is 1.84. The normalized spacial score (nSPS) is 31.6. The molecule has 0 amide bonds. The molecule has 29 heavy (non-hydrogen) atoms. The lowest BCUT2D eigenvalue weighted by molar-refractivity contribution is -0.172. The summed E-state index contributed by atoms with van der Waals surface area (Å²) in [6.45, 7) is 5.23. The van der Waals surface area contributed by atoms with Crippen LogP contribution in [0.2, 0.25) is 0 Å². The van der Waals surface area contributed by atoms with Crippen LogP contribution >= 0.6 is 0 Å². The minimum atomic E-state index is -1.83. The highest BCUT2D eigenvalue weighted by Crippen LogP contribution is 2.80. The third-order valence-electron chi connectivity index (χ3n) is 7.98. The van der Waals surface area contributed by atoms with Crippen LogP contribution in [-0.2, 0) is 19.8 Å². The Morgan fingerprint density at radius 2 is 1.31 bits per heavy atom. The molecule has 150 valence electrons. The predicted molar refractivity (Wildman–Crippen MR) is 106 cm³/mol. The quantitative estimate of drug-likeness (QED) is 0.827. The molecule has 4 rings (SSSR count). The molecular formula is C24H24O5. The molecule has 0 spiro atoms. The van der Waals surface area contributed by atoms with Crippen molar-refractivity contribution in [2.75, 3.05) is 0 Å². The zero-order valence-electron chi connectivity index (χ0n) is 16.7. The first-order chi connectivity index (χ1) is 13.6. The topological polar surface area (TPSA) is 91.7 Å². The van der Waals surface area contributed by atoms with Crippen LogP contribution in [0.25, 0.3) is 0 Å². The van der Waals surface area contributed by atoms with Crippen LogP contribution in [0.5, 0.6) is 0 Å². The van der Waals surface area contributed by atoms with Gasteiger partial charge < -0.3 is 10.2 Å². The van der Waals surface area contributed by atoms with Gasteiger partial charge in [0.1, 0.15) is 5.41 Å². The van der Waals surface area contributed by atoms with E-state index in [1.165, 1.54) is 0 Å². The Bertz CT molecular complexity index is 971. The number of carboxylic acid groups (broad SMARTS) is 2. The molecule has 2 bridgehead atoms. The lowest BCUT2D eigenvalue weighted by atomic mass is 9.48. The number of hydrogen-bond acceptors (Lipinski definition) is 3. The van der Waals surface area contributed by atoms with Crippen LogP contribution < -0.4 is 0 Å². The molecule has 2 saturated carbocycles. The van der Waals surface area contributed by atoms with Gasteiger partial charge in [-0.25, -0.2) is 0 Å². The zero-order chi connectivity index (χ0) is 21.2. The molecule has 5 nitrogen and oxygen atoms in total. The second-order valence-electron chi connectivity index (χ2n) is 8.98. The van der Waals surface area contributed by atoms with E-state index in [0.29, 0.717) is 11.1 Å². The number of benzene rings is 2. The molecule has 0 aliphatic heterocycles. The maximum Gasteiger partial charge on any atom is 0.312 e. The van der Waals surface area contributed by atoms with Gasteiger partial charge in [-0.3, -0.25) is 14.4 Å². The Labute approximate surface area is 169 Å². The summed E-state index contributed by atoms with van der Waals surface area (Å²) in [6.07, 6.45) is 0.0158. The van der Waals surface area contributed by atoms with Crippen molar-refractivity contribution < 1.29 is 24.6 Å². The molecule has 2 aromatic carbocycles. The number of rotatable bonds is 4. The molecule has 3 atom stereocenters. The van der Waals surface area contributed by atoms with Crippen molar-refractivity contribution in [3.8, 4) is 0 Å². The van der Waals surface area contributed by atoms with E-state index < -0.39 is 39.5 Å². The second-order valence-corrected chi connectivity index (χ2v) is 8.98. The van der Waals surface area contributed by atoms with Gasteiger partial charge in [0, 0.05) is 5.41 Å². The molecule has 0 heterocycles. The van der Waals surface area contributed by atoms with Crippen molar-refractivity contribution in [1.82, 2.24) is 0 Å². The fraction of sp³-hybridized carbons (Fsp3) is 0.375. The van der Waals surface area contributed by atoms with Gasteiger partial charge in [-0.15, -0.1) is 0 Å². The van der Waals surface area contributed by atoms with Gasteiger partial charge in [-0.05, 0) is 23.0 Å². The summed E-state index contributed by atoms with van der Waals surface area (Å²) in [5.41, 5.74) is -4.55. The van der Waals surface area contributed by atoms with E-state index in [0.717, 1.165) is 0 Å². The van der Waals surface area contributed by atoms with Crippen LogP contribution in [0.4, 0.5) is 0 Å². The molecule has 2 N–H and O–H groups in total. The van der Waals surface area contributed by atoms with Gasteiger partial charge in [0.05, 0.1) is 11.3 Å². The standard InChI is InChI=1S/C24H24O5/c1-21(2)22(3)14-17(18(25)26)24(21,20(28)29)23(19(22)27,15-10-6-4-7-11-15)16-12-8-5-9-13-16/h4-13,17H,14H2,1-3H3,(H,25,26)(H,28,29). The monoisotopic (exact) mass is 392 g/mol. The minimum Gasteiger partial charge on any atom is -0.481 e. The van der Waals surface area contributed by atoms with Crippen molar-refractivity contribution >= 4 is 17.7 Å². The van der Waals surface area contributed by atoms with E-state index in [1.807, 2.05) is 0 Å². The molecule has 5 heteroatoms. The zero-order valence-corrected chi connectivity index (χ0v) is 16.7. The predicted octanol–water partition coefficient (Wildman–Crippen LogP) is 3.76. The van der Waals surface area contributed by atoms with Crippen LogP contribution in [0, 0.1) is 22.2 Å². The van der Waals surface area contributed by atoms with Gasteiger partial charge >= 0.3 is 11.9 Å². The summed E-state index contributed by atoms with van der Waals surface area (Å²) in [7, 11) is 0. The summed E-state index contributed by atoms with van der Waals surface area (Å²) in [4.78, 5) is 39.8. The Morgan fingerprint density at radius 3 is 1.69 bits per heavy atom. The van der Waals surface area contributed by atoms with Crippen LogP contribution in [0.3, 0.4) is 0 Å². The highest BCUT2D eigenvalue weighted by Gasteiger charge is 2.88. The number of fused-ring (bicyclic) bond motifs is 2. The number of carbonyl (C=O) groups is 3. The van der Waals surface area contributed by atoms with Gasteiger partial charge in [0.2, 0.25) is 0 Å². The Morgan fingerprint density at radius 1 is 0.862 bits per heavy atom. The summed E-state index contributed by atoms with van der Waals surface area (Å²) >= 11 is 0. The fourth-order valence-electron chi connectivity index (χ4n) is 6.50. The Balaban J connectivity index is 2.26. The van der Waals surface area contributed by atoms with E-state index in [2.05, 4.69) is 0 Å². The maximum atomic E-state index is 14.2. The molecule has 3 unspecified atom stereocenters. The minimum absolute atomic E-state index is 0.0158. The third-order valence-corrected chi connectivity index (χ3v) is 7.98. The first-order valence-corrected chi connectivity index (χ1v) is 9.72. The van der Waals surface area contributed by atoms with Crippen molar-refractivity contribution in [3.05, 3.63) is 71.8 Å². The van der Waals surface area contributed by atoms with Gasteiger partial charge in [-0.2, -0.15) is 0 Å².